The summed E-state index contributed by atoms with van der Waals surface area (Å²) in [6.45, 7) is 0.0562. The molecule has 0 unspecified atom stereocenters. The lowest BCUT2D eigenvalue weighted by Gasteiger charge is -2.20. The van der Waals surface area contributed by atoms with Crippen LogP contribution in [0.25, 0.3) is 0 Å². The van der Waals surface area contributed by atoms with E-state index in [2.05, 4.69) is 4.98 Å². The molecular formula is C11H15N3O4S. The minimum atomic E-state index is -3.74. The summed E-state index contributed by atoms with van der Waals surface area (Å²) in [6.07, 6.45) is 1.13. The number of methoxy groups -OCH3 is 1. The van der Waals surface area contributed by atoms with Gasteiger partial charge >= 0.3 is 0 Å². The van der Waals surface area contributed by atoms with Crippen LogP contribution < -0.4 is 0 Å². The van der Waals surface area contributed by atoms with Gasteiger partial charge in [-0.3, -0.25) is 0 Å². The van der Waals surface area contributed by atoms with Crippen LogP contribution in [0.2, 0.25) is 0 Å². The van der Waals surface area contributed by atoms with Crippen molar-refractivity contribution in [3.8, 4) is 6.07 Å². The Morgan fingerprint density at radius 3 is 2.68 bits per heavy atom. The number of aliphatic hydroxyl groups excluding tert-OH is 1. The van der Waals surface area contributed by atoms with Crippen LogP contribution in [-0.2, 0) is 14.8 Å². The zero-order valence-corrected chi connectivity index (χ0v) is 11.3. The van der Waals surface area contributed by atoms with Crippen molar-refractivity contribution in [2.24, 2.45) is 0 Å². The Bertz CT molecular complexity index is 536. The SMILES string of the molecule is COCCN(CCO)S(=O)(=O)c1ccc(C#N)nc1. The number of aromatic nitrogens is 1. The second-order valence-corrected chi connectivity index (χ2v) is 5.55. The van der Waals surface area contributed by atoms with E-state index in [0.29, 0.717) is 0 Å². The molecule has 104 valence electrons. The van der Waals surface area contributed by atoms with Crippen LogP contribution in [0.1, 0.15) is 5.69 Å². The van der Waals surface area contributed by atoms with Crippen molar-refractivity contribution in [2.45, 2.75) is 4.90 Å². The molecule has 0 spiro atoms. The Kier molecular flexibility index (Phi) is 5.85. The van der Waals surface area contributed by atoms with Crippen molar-refractivity contribution in [1.29, 1.82) is 5.26 Å². The first-order chi connectivity index (χ1) is 9.06. The topological polar surface area (TPSA) is 104 Å². The van der Waals surface area contributed by atoms with Gasteiger partial charge in [-0.15, -0.1) is 0 Å². The average Bonchev–Trinajstić information content (AvgIpc) is 2.43. The fourth-order valence-corrected chi connectivity index (χ4v) is 2.77. The van der Waals surface area contributed by atoms with Gasteiger partial charge in [-0.25, -0.2) is 13.4 Å². The standard InChI is InChI=1S/C11H15N3O4S/c1-18-7-5-14(4-6-15)19(16,17)11-3-2-10(8-12)13-9-11/h2-3,9,15H,4-7H2,1H3. The molecule has 7 nitrogen and oxygen atoms in total. The molecule has 19 heavy (non-hydrogen) atoms. The summed E-state index contributed by atoms with van der Waals surface area (Å²) in [5.41, 5.74) is 0.143. The number of pyridine rings is 1. The molecule has 0 bridgehead atoms. The zero-order valence-electron chi connectivity index (χ0n) is 10.5. The summed E-state index contributed by atoms with van der Waals surface area (Å²) in [5, 5.41) is 17.5. The highest BCUT2D eigenvalue weighted by atomic mass is 32.2. The Labute approximate surface area is 112 Å². The van der Waals surface area contributed by atoms with E-state index < -0.39 is 10.0 Å². The molecule has 0 radical (unpaired) electrons. The number of sulfonamides is 1. The molecular weight excluding hydrogens is 270 g/mol. The highest BCUT2D eigenvalue weighted by Gasteiger charge is 2.24. The number of aliphatic hydroxyl groups is 1. The molecule has 1 aromatic heterocycles. The molecule has 0 fully saturated rings. The molecule has 0 saturated heterocycles. The number of nitriles is 1. The summed E-state index contributed by atoms with van der Waals surface area (Å²) in [7, 11) is -2.27. The van der Waals surface area contributed by atoms with Crippen molar-refractivity contribution in [3.05, 3.63) is 24.0 Å². The summed E-state index contributed by atoms with van der Waals surface area (Å²) in [5.74, 6) is 0. The van der Waals surface area contributed by atoms with Gasteiger partial charge in [-0.2, -0.15) is 9.57 Å². The second-order valence-electron chi connectivity index (χ2n) is 3.61. The molecule has 0 aliphatic rings. The molecule has 0 aliphatic heterocycles. The third kappa shape index (κ3) is 3.97. The van der Waals surface area contributed by atoms with Gasteiger partial charge in [0.2, 0.25) is 10.0 Å². The zero-order chi connectivity index (χ0) is 14.3. The lowest BCUT2D eigenvalue weighted by molar-refractivity contribution is 0.168. The first-order valence-electron chi connectivity index (χ1n) is 5.52. The molecule has 0 aliphatic carbocycles. The van der Waals surface area contributed by atoms with Crippen molar-refractivity contribution >= 4 is 10.0 Å². The molecule has 0 amide bonds. The smallest absolute Gasteiger partial charge is 0.244 e. The lowest BCUT2D eigenvalue weighted by atomic mass is 10.4. The van der Waals surface area contributed by atoms with E-state index in [1.54, 1.807) is 0 Å². The van der Waals surface area contributed by atoms with Crippen LogP contribution in [0.3, 0.4) is 0 Å². The van der Waals surface area contributed by atoms with E-state index in [1.165, 1.54) is 19.2 Å². The Morgan fingerprint density at radius 2 is 2.21 bits per heavy atom. The van der Waals surface area contributed by atoms with Crippen LogP contribution >= 0.6 is 0 Å². The minimum absolute atomic E-state index is 0.0175. The van der Waals surface area contributed by atoms with Gasteiger partial charge < -0.3 is 9.84 Å². The molecule has 1 heterocycles. The van der Waals surface area contributed by atoms with Crippen LogP contribution in [0.5, 0.6) is 0 Å². The predicted molar refractivity (Wildman–Crippen MR) is 66.7 cm³/mol. The van der Waals surface area contributed by atoms with Crippen LogP contribution in [0.15, 0.2) is 23.2 Å². The maximum absolute atomic E-state index is 12.3. The number of hydrogen-bond acceptors (Lipinski definition) is 6. The molecule has 1 rings (SSSR count). The van der Waals surface area contributed by atoms with Crippen molar-refractivity contribution < 1.29 is 18.3 Å². The van der Waals surface area contributed by atoms with E-state index in [4.69, 9.17) is 15.1 Å². The summed E-state index contributed by atoms with van der Waals surface area (Å²) >= 11 is 0. The van der Waals surface area contributed by atoms with E-state index in [9.17, 15) is 8.42 Å². The van der Waals surface area contributed by atoms with Crippen molar-refractivity contribution in [3.63, 3.8) is 0 Å². The molecule has 8 heteroatoms. The summed E-state index contributed by atoms with van der Waals surface area (Å²) < 4.78 is 30.5. The van der Waals surface area contributed by atoms with Gasteiger partial charge in [0, 0.05) is 26.4 Å². The molecule has 1 N–H and O–H groups in total. The Morgan fingerprint density at radius 1 is 1.47 bits per heavy atom. The number of rotatable bonds is 7. The lowest BCUT2D eigenvalue weighted by Crippen LogP contribution is -2.36. The Hall–Kier alpha value is -1.53. The van der Waals surface area contributed by atoms with Crippen molar-refractivity contribution in [1.82, 2.24) is 9.29 Å². The number of hydrogen-bond donors (Lipinski definition) is 1. The fourth-order valence-electron chi connectivity index (χ4n) is 1.40. The molecule has 0 atom stereocenters. The highest BCUT2D eigenvalue weighted by Crippen LogP contribution is 2.14. The maximum Gasteiger partial charge on any atom is 0.244 e. The van der Waals surface area contributed by atoms with E-state index in [0.717, 1.165) is 10.5 Å². The van der Waals surface area contributed by atoms with Crippen LogP contribution in [0, 0.1) is 11.3 Å². The van der Waals surface area contributed by atoms with Gasteiger partial charge in [0.05, 0.1) is 13.2 Å². The number of nitrogens with zero attached hydrogens (tertiary/aromatic N) is 3. The maximum atomic E-state index is 12.3. The van der Waals surface area contributed by atoms with Gasteiger partial charge in [0.25, 0.3) is 0 Å². The first-order valence-corrected chi connectivity index (χ1v) is 6.96. The fraction of sp³-hybridized carbons (Fsp3) is 0.455. The van der Waals surface area contributed by atoms with Gasteiger partial charge in [-0.1, -0.05) is 0 Å². The molecule has 0 aromatic carbocycles. The number of ether oxygens (including phenoxy) is 1. The normalized spacial score (nSPS) is 11.5. The third-order valence-electron chi connectivity index (χ3n) is 2.38. The monoisotopic (exact) mass is 285 g/mol. The highest BCUT2D eigenvalue weighted by molar-refractivity contribution is 7.89. The first kappa shape index (κ1) is 15.5. The molecule has 1 aromatic rings. The van der Waals surface area contributed by atoms with Gasteiger partial charge in [0.15, 0.2) is 0 Å². The van der Waals surface area contributed by atoms with E-state index in [-0.39, 0.29) is 36.9 Å². The summed E-state index contributed by atoms with van der Waals surface area (Å²) in [4.78, 5) is 3.71. The van der Waals surface area contributed by atoms with E-state index in [1.807, 2.05) is 6.07 Å². The average molecular weight is 285 g/mol. The van der Waals surface area contributed by atoms with Gasteiger partial charge in [-0.05, 0) is 12.1 Å². The van der Waals surface area contributed by atoms with Gasteiger partial charge in [0.1, 0.15) is 16.7 Å². The molecule has 0 saturated carbocycles. The largest absolute Gasteiger partial charge is 0.395 e. The second kappa shape index (κ2) is 7.16. The Balaban J connectivity index is 3.00. The summed E-state index contributed by atoms with van der Waals surface area (Å²) in [6, 6.07) is 4.47. The van der Waals surface area contributed by atoms with Crippen LogP contribution in [-0.4, -0.2) is 56.2 Å². The predicted octanol–water partition coefficient (Wildman–Crippen LogP) is -0.417. The minimum Gasteiger partial charge on any atom is -0.395 e. The van der Waals surface area contributed by atoms with E-state index >= 15 is 0 Å². The third-order valence-corrected chi connectivity index (χ3v) is 4.27. The quantitative estimate of drug-likeness (QED) is 0.730. The van der Waals surface area contributed by atoms with Crippen LogP contribution in [0.4, 0.5) is 0 Å². The van der Waals surface area contributed by atoms with Crippen molar-refractivity contribution in [2.75, 3.05) is 33.4 Å².